The summed E-state index contributed by atoms with van der Waals surface area (Å²) in [7, 11) is 1.67. The van der Waals surface area contributed by atoms with Crippen molar-refractivity contribution in [2.75, 3.05) is 0 Å². The zero-order valence-corrected chi connectivity index (χ0v) is 27.9. The third kappa shape index (κ3) is 3.71. The molecule has 2 heterocycles. The van der Waals surface area contributed by atoms with E-state index < -0.39 is 16.1 Å². The van der Waals surface area contributed by atoms with Gasteiger partial charge < -0.3 is 9.13 Å². The van der Waals surface area contributed by atoms with E-state index in [9.17, 15) is 0 Å². The monoisotopic (exact) mass is 562 g/mol. The molecule has 0 saturated carbocycles. The average Bonchev–Trinajstić information content (AvgIpc) is 3.49. The molecule has 4 aromatic carbocycles. The zero-order chi connectivity index (χ0) is 28.4. The third-order valence-corrected chi connectivity index (χ3v) is 22.6. The van der Waals surface area contributed by atoms with Crippen molar-refractivity contribution in [3.63, 3.8) is 0 Å². The first-order chi connectivity index (χ1) is 19.3. The van der Waals surface area contributed by atoms with Crippen LogP contribution in [0.25, 0.3) is 54.1 Å². The first-order valence-electron chi connectivity index (χ1n) is 15.7. The summed E-state index contributed by atoms with van der Waals surface area (Å²) < 4.78 is 5.08. The van der Waals surface area contributed by atoms with Gasteiger partial charge in [-0.25, -0.2) is 0 Å². The normalized spacial score (nSPS) is 13.1. The molecule has 0 aliphatic heterocycles. The van der Waals surface area contributed by atoms with E-state index in [0.29, 0.717) is 0 Å². The van der Waals surface area contributed by atoms with Gasteiger partial charge in [-0.3, -0.25) is 0 Å². The molecule has 0 fully saturated rings. The Hall–Kier alpha value is -2.83. The molecule has 0 atom stereocenters. The predicted octanol–water partition coefficient (Wildman–Crippen LogP) is 9.56. The molecule has 208 valence electrons. The van der Waals surface area contributed by atoms with Gasteiger partial charge in [0.1, 0.15) is 16.1 Å². The van der Waals surface area contributed by atoms with Crippen LogP contribution in [0.1, 0.15) is 41.5 Å². The van der Waals surface area contributed by atoms with Crippen LogP contribution in [0, 0.1) is 0 Å². The highest BCUT2D eigenvalue weighted by atomic mass is 28.3. The smallest absolute Gasteiger partial charge is 0.107 e. The second kappa shape index (κ2) is 9.92. The lowest BCUT2D eigenvalue weighted by Crippen LogP contribution is -2.48. The number of hydrogen-bond acceptors (Lipinski definition) is 0. The Bertz CT molecular complexity index is 1740. The van der Waals surface area contributed by atoms with E-state index in [-0.39, 0.29) is 0 Å². The molecular formula is C36H46N2Si2. The van der Waals surface area contributed by atoms with Crippen LogP contribution >= 0.6 is 0 Å². The van der Waals surface area contributed by atoms with Gasteiger partial charge in [0.25, 0.3) is 0 Å². The van der Waals surface area contributed by atoms with Crippen LogP contribution in [-0.2, 0) is 14.1 Å². The fourth-order valence-corrected chi connectivity index (χ4v) is 15.9. The molecule has 40 heavy (non-hydrogen) atoms. The summed E-state index contributed by atoms with van der Waals surface area (Å²) in [4.78, 5) is 0. The van der Waals surface area contributed by atoms with Crippen LogP contribution in [0.2, 0.25) is 36.3 Å². The van der Waals surface area contributed by atoms with Crippen molar-refractivity contribution in [1.29, 1.82) is 0 Å². The van der Waals surface area contributed by atoms with Gasteiger partial charge in [-0.15, -0.1) is 0 Å². The highest BCUT2D eigenvalue weighted by Crippen LogP contribution is 2.36. The maximum Gasteiger partial charge on any atom is 0.107 e. The van der Waals surface area contributed by atoms with Gasteiger partial charge in [-0.1, -0.05) is 102 Å². The second-order valence-electron chi connectivity index (χ2n) is 12.3. The predicted molar refractivity (Wildman–Crippen MR) is 186 cm³/mol. The molecular weight excluding hydrogens is 517 g/mol. The van der Waals surface area contributed by atoms with E-state index >= 15 is 0 Å². The van der Waals surface area contributed by atoms with Crippen molar-refractivity contribution in [3.05, 3.63) is 60.7 Å². The third-order valence-electron chi connectivity index (χ3n) is 11.3. The fourth-order valence-electron chi connectivity index (χ4n) is 8.15. The molecule has 0 bridgehead atoms. The summed E-state index contributed by atoms with van der Waals surface area (Å²) in [5.41, 5.74) is 2.76. The van der Waals surface area contributed by atoms with Crippen molar-refractivity contribution in [3.8, 4) is 0 Å². The lowest BCUT2D eigenvalue weighted by molar-refractivity contribution is 0.983. The minimum Gasteiger partial charge on any atom is -0.352 e. The van der Waals surface area contributed by atoms with E-state index in [0.717, 1.165) is 0 Å². The lowest BCUT2D eigenvalue weighted by atomic mass is 9.96. The van der Waals surface area contributed by atoms with Crippen LogP contribution in [0.4, 0.5) is 0 Å². The quantitative estimate of drug-likeness (QED) is 0.129. The summed E-state index contributed by atoms with van der Waals surface area (Å²) in [6.07, 6.45) is 0. The average molecular weight is 563 g/mol. The topological polar surface area (TPSA) is 9.86 Å². The van der Waals surface area contributed by atoms with Gasteiger partial charge in [0.2, 0.25) is 0 Å². The fraction of sp³-hybridized carbons (Fsp3) is 0.389. The van der Waals surface area contributed by atoms with E-state index in [4.69, 9.17) is 0 Å². The summed E-state index contributed by atoms with van der Waals surface area (Å²) in [5, 5.41) is 14.2. The van der Waals surface area contributed by atoms with E-state index in [1.807, 2.05) is 0 Å². The van der Waals surface area contributed by atoms with Gasteiger partial charge in [0.05, 0.1) is 0 Å². The molecule has 2 aromatic heterocycles. The maximum absolute atomic E-state index is 2.54. The molecule has 2 nitrogen and oxygen atoms in total. The number of hydrogen-bond donors (Lipinski definition) is 0. The molecule has 0 unspecified atom stereocenters. The summed E-state index contributed by atoms with van der Waals surface area (Å²) >= 11 is 0. The number of aryl methyl sites for hydroxylation is 2. The number of nitrogens with zero attached hydrogens (tertiary/aromatic N) is 2. The van der Waals surface area contributed by atoms with Crippen molar-refractivity contribution in [2.45, 2.75) is 77.8 Å². The highest BCUT2D eigenvalue weighted by Gasteiger charge is 2.33. The first kappa shape index (κ1) is 27.3. The van der Waals surface area contributed by atoms with Crippen LogP contribution in [0.15, 0.2) is 60.7 Å². The Morgan fingerprint density at radius 1 is 0.425 bits per heavy atom. The van der Waals surface area contributed by atoms with Gasteiger partial charge in [-0.05, 0) is 68.7 Å². The standard InChI is InChI=1S/C36H46N2Si2/c1-9-39(10-2,11-3)35-21-27-19-25-15-17-30-29(31(25)23-33(27)37(35)7)18-16-26-20-28-22-36(40(12-4,13-5)14-6)38(8)34(28)24-32(26)30/h15-24H,9-14H2,1-8H3. The Morgan fingerprint density at radius 2 is 0.775 bits per heavy atom. The number of rotatable bonds is 8. The molecule has 4 heteroatoms. The minimum absolute atomic E-state index is 1.31. The van der Waals surface area contributed by atoms with Gasteiger partial charge >= 0.3 is 0 Å². The first-order valence-corrected chi connectivity index (χ1v) is 20.9. The van der Waals surface area contributed by atoms with E-state index in [2.05, 4.69) is 125 Å². The zero-order valence-electron chi connectivity index (χ0n) is 25.9. The number of benzene rings is 4. The Kier molecular flexibility index (Phi) is 6.78. The van der Waals surface area contributed by atoms with Crippen molar-refractivity contribution >= 4 is 80.9 Å². The Labute approximate surface area is 242 Å². The highest BCUT2D eigenvalue weighted by molar-refractivity contribution is 6.92. The Morgan fingerprint density at radius 3 is 1.10 bits per heavy atom. The summed E-state index contributed by atoms with van der Waals surface area (Å²) in [5.74, 6) is 0. The van der Waals surface area contributed by atoms with Crippen molar-refractivity contribution in [2.24, 2.45) is 14.1 Å². The van der Waals surface area contributed by atoms with Gasteiger partial charge in [0.15, 0.2) is 0 Å². The molecule has 0 spiro atoms. The molecule has 0 amide bonds. The Balaban J connectivity index is 1.61. The van der Waals surface area contributed by atoms with Crippen molar-refractivity contribution < 1.29 is 0 Å². The van der Waals surface area contributed by atoms with Gasteiger partial charge in [-0.2, -0.15) is 0 Å². The van der Waals surface area contributed by atoms with E-state index in [1.165, 1.54) is 90.4 Å². The molecule has 6 rings (SSSR count). The second-order valence-corrected chi connectivity index (χ2v) is 22.7. The maximum atomic E-state index is 2.54. The molecule has 0 radical (unpaired) electrons. The van der Waals surface area contributed by atoms with E-state index in [1.54, 1.807) is 10.6 Å². The van der Waals surface area contributed by atoms with Crippen LogP contribution in [0.3, 0.4) is 0 Å². The molecule has 0 saturated heterocycles. The lowest BCUT2D eigenvalue weighted by Gasteiger charge is -2.28. The minimum atomic E-state index is -1.47. The van der Waals surface area contributed by atoms with Crippen LogP contribution < -0.4 is 10.6 Å². The van der Waals surface area contributed by atoms with Crippen LogP contribution in [0.5, 0.6) is 0 Å². The number of fused-ring (bicyclic) bond motifs is 7. The SMILES string of the molecule is CC[Si](CC)(CC)c1cc2cc3ccc4c5cc6c(cc([Si](CC)(CC)CC)n6C)cc5ccc4c3cc2n1C. The molecule has 6 aromatic rings. The summed E-state index contributed by atoms with van der Waals surface area (Å²) in [6, 6.07) is 32.2. The molecule has 0 N–H and O–H groups in total. The van der Waals surface area contributed by atoms with Gasteiger partial charge in [0, 0.05) is 46.5 Å². The molecule has 0 aliphatic rings. The van der Waals surface area contributed by atoms with Crippen LogP contribution in [-0.4, -0.2) is 25.3 Å². The molecule has 0 aliphatic carbocycles. The number of aromatic nitrogens is 2. The van der Waals surface area contributed by atoms with Crippen molar-refractivity contribution in [1.82, 2.24) is 9.13 Å². The summed E-state index contributed by atoms with van der Waals surface area (Å²) in [6.45, 7) is 14.5. The largest absolute Gasteiger partial charge is 0.352 e.